The maximum absolute atomic E-state index is 13.9. The summed E-state index contributed by atoms with van der Waals surface area (Å²) in [7, 11) is -4.15. The lowest BCUT2D eigenvalue weighted by Crippen LogP contribution is -2.65. The van der Waals surface area contributed by atoms with Crippen molar-refractivity contribution in [3.05, 3.63) is 29.8 Å². The second-order valence-corrected chi connectivity index (χ2v) is 12.7. The van der Waals surface area contributed by atoms with Crippen molar-refractivity contribution >= 4 is 15.9 Å². The van der Waals surface area contributed by atoms with Gasteiger partial charge in [-0.25, -0.2) is 8.42 Å². The lowest BCUT2D eigenvalue weighted by Gasteiger charge is -2.57. The van der Waals surface area contributed by atoms with Crippen molar-refractivity contribution in [3.8, 4) is 0 Å². The first-order valence-electron chi connectivity index (χ1n) is 13.4. The third-order valence-corrected chi connectivity index (χ3v) is 10.5. The topological polar surface area (TPSA) is 70.2 Å². The molecular formula is C26H36F3N3O4S. The summed E-state index contributed by atoms with van der Waals surface area (Å²) in [5, 5.41) is 0. The zero-order chi connectivity index (χ0) is 26.2. The number of rotatable bonds is 6. The molecule has 4 saturated heterocycles. The van der Waals surface area contributed by atoms with Crippen molar-refractivity contribution in [2.75, 3.05) is 45.9 Å². The molecule has 0 radical (unpaired) electrons. The standard InChI is InChI=1S/C26H36F3N3O4S/c27-26(28,29)20-6-1-7-21(17-20)37(34,35)32-18-19-5-3-11-31-12-4-8-22(25(19)31)23(32)9-2-10-24(33)30-13-15-36-16-14-30/h1,6-7,17,19,22-23,25H,2-5,8-16,18H2/t19-,22+,23+,25-/m0/s1. The van der Waals surface area contributed by atoms with Crippen molar-refractivity contribution in [2.24, 2.45) is 11.8 Å². The van der Waals surface area contributed by atoms with Crippen LogP contribution in [0, 0.1) is 11.8 Å². The molecule has 37 heavy (non-hydrogen) atoms. The molecule has 1 aromatic rings. The van der Waals surface area contributed by atoms with Gasteiger partial charge in [0.25, 0.3) is 0 Å². The Bertz CT molecular complexity index is 1080. The summed E-state index contributed by atoms with van der Waals surface area (Å²) < 4.78 is 74.9. The monoisotopic (exact) mass is 543 g/mol. The number of sulfonamides is 1. The minimum Gasteiger partial charge on any atom is -0.378 e. The molecule has 0 unspecified atom stereocenters. The number of piperidine rings is 3. The molecule has 4 aliphatic heterocycles. The Labute approximate surface area is 217 Å². The molecule has 0 aromatic heterocycles. The lowest BCUT2D eigenvalue weighted by molar-refractivity contribution is -0.138. The van der Waals surface area contributed by atoms with E-state index in [2.05, 4.69) is 4.90 Å². The van der Waals surface area contributed by atoms with Gasteiger partial charge < -0.3 is 9.64 Å². The van der Waals surface area contributed by atoms with Crippen molar-refractivity contribution in [1.29, 1.82) is 0 Å². The molecule has 4 aliphatic rings. The molecular weight excluding hydrogens is 507 g/mol. The van der Waals surface area contributed by atoms with Crippen LogP contribution in [0.3, 0.4) is 0 Å². The number of carbonyl (C=O) groups is 1. The third-order valence-electron chi connectivity index (χ3n) is 8.65. The molecule has 206 valence electrons. The molecule has 11 heteroatoms. The molecule has 4 atom stereocenters. The molecule has 0 aliphatic carbocycles. The van der Waals surface area contributed by atoms with Crippen LogP contribution >= 0.6 is 0 Å². The van der Waals surface area contributed by atoms with Gasteiger partial charge in [-0.3, -0.25) is 9.69 Å². The predicted molar refractivity (Wildman–Crippen MR) is 131 cm³/mol. The molecule has 0 saturated carbocycles. The minimum atomic E-state index is -4.62. The zero-order valence-corrected chi connectivity index (χ0v) is 21.9. The zero-order valence-electron chi connectivity index (χ0n) is 21.0. The van der Waals surface area contributed by atoms with Crippen LogP contribution < -0.4 is 0 Å². The van der Waals surface area contributed by atoms with E-state index < -0.39 is 21.8 Å². The highest BCUT2D eigenvalue weighted by Gasteiger charge is 2.51. The number of carbonyl (C=O) groups excluding carboxylic acids is 1. The largest absolute Gasteiger partial charge is 0.416 e. The number of hydrogen-bond donors (Lipinski definition) is 0. The molecule has 0 N–H and O–H groups in total. The quantitative estimate of drug-likeness (QED) is 0.549. The van der Waals surface area contributed by atoms with Crippen LogP contribution in [0.4, 0.5) is 13.2 Å². The summed E-state index contributed by atoms with van der Waals surface area (Å²) in [5.41, 5.74) is -0.961. The predicted octanol–water partition coefficient (Wildman–Crippen LogP) is 3.60. The summed E-state index contributed by atoms with van der Waals surface area (Å²) in [5.74, 6) is 0.338. The normalized spacial score (nSPS) is 29.6. The number of morpholine rings is 1. The van der Waals surface area contributed by atoms with Gasteiger partial charge in [0, 0.05) is 38.1 Å². The maximum atomic E-state index is 13.9. The van der Waals surface area contributed by atoms with Crippen LogP contribution in [-0.4, -0.2) is 86.5 Å². The van der Waals surface area contributed by atoms with Gasteiger partial charge in [0.15, 0.2) is 0 Å². The second-order valence-electron chi connectivity index (χ2n) is 10.8. The molecule has 4 fully saturated rings. The minimum absolute atomic E-state index is 0.0483. The number of ether oxygens (including phenoxy) is 1. The lowest BCUT2D eigenvalue weighted by atomic mass is 9.70. The van der Waals surface area contributed by atoms with Crippen LogP contribution in [-0.2, 0) is 25.7 Å². The first kappa shape index (κ1) is 26.9. The van der Waals surface area contributed by atoms with Crippen LogP contribution in [0.2, 0.25) is 0 Å². The first-order valence-corrected chi connectivity index (χ1v) is 14.9. The van der Waals surface area contributed by atoms with Crippen LogP contribution in [0.5, 0.6) is 0 Å². The number of hydrogen-bond acceptors (Lipinski definition) is 5. The van der Waals surface area contributed by atoms with Gasteiger partial charge in [0.05, 0.1) is 23.7 Å². The molecule has 7 nitrogen and oxygen atoms in total. The van der Waals surface area contributed by atoms with Gasteiger partial charge in [0.1, 0.15) is 0 Å². The summed E-state index contributed by atoms with van der Waals surface area (Å²) in [4.78, 5) is 16.7. The Morgan fingerprint density at radius 2 is 1.78 bits per heavy atom. The van der Waals surface area contributed by atoms with Crippen LogP contribution in [0.1, 0.15) is 50.5 Å². The highest BCUT2D eigenvalue weighted by atomic mass is 32.2. The van der Waals surface area contributed by atoms with E-state index in [-0.39, 0.29) is 28.7 Å². The van der Waals surface area contributed by atoms with Gasteiger partial charge in [-0.1, -0.05) is 6.07 Å². The number of alkyl halides is 3. The van der Waals surface area contributed by atoms with E-state index in [1.165, 1.54) is 16.4 Å². The highest BCUT2D eigenvalue weighted by Crippen LogP contribution is 2.45. The average molecular weight is 544 g/mol. The van der Waals surface area contributed by atoms with Crippen molar-refractivity contribution in [2.45, 2.75) is 68.1 Å². The Hall–Kier alpha value is -1.69. The average Bonchev–Trinajstić information content (AvgIpc) is 2.90. The molecule has 1 amide bonds. The maximum Gasteiger partial charge on any atom is 0.416 e. The Balaban J connectivity index is 1.40. The van der Waals surface area contributed by atoms with E-state index in [1.807, 2.05) is 0 Å². The van der Waals surface area contributed by atoms with Crippen molar-refractivity contribution < 1.29 is 31.1 Å². The van der Waals surface area contributed by atoms with Crippen molar-refractivity contribution in [1.82, 2.24) is 14.1 Å². The van der Waals surface area contributed by atoms with E-state index in [1.54, 1.807) is 4.90 Å². The van der Waals surface area contributed by atoms with E-state index >= 15 is 0 Å². The molecule has 0 bridgehead atoms. The summed E-state index contributed by atoms with van der Waals surface area (Å²) in [6.45, 7) is 4.54. The fraction of sp³-hybridized carbons (Fsp3) is 0.731. The second kappa shape index (κ2) is 10.8. The fourth-order valence-electron chi connectivity index (χ4n) is 6.99. The molecule has 1 aromatic carbocycles. The highest BCUT2D eigenvalue weighted by molar-refractivity contribution is 7.89. The van der Waals surface area contributed by atoms with Crippen LogP contribution in [0.15, 0.2) is 29.2 Å². The van der Waals surface area contributed by atoms with E-state index in [0.29, 0.717) is 58.2 Å². The summed E-state index contributed by atoms with van der Waals surface area (Å²) in [6.07, 6.45) is 0.588. The van der Waals surface area contributed by atoms with Crippen LogP contribution in [0.25, 0.3) is 0 Å². The van der Waals surface area contributed by atoms with Gasteiger partial charge >= 0.3 is 6.18 Å². The number of nitrogens with zero attached hydrogens (tertiary/aromatic N) is 3. The molecule has 4 heterocycles. The van der Waals surface area contributed by atoms with E-state index in [0.717, 1.165) is 50.9 Å². The number of benzene rings is 1. The first-order chi connectivity index (χ1) is 17.7. The van der Waals surface area contributed by atoms with E-state index in [4.69, 9.17) is 4.74 Å². The van der Waals surface area contributed by atoms with Gasteiger partial charge in [-0.15, -0.1) is 0 Å². The van der Waals surface area contributed by atoms with Crippen molar-refractivity contribution in [3.63, 3.8) is 0 Å². The molecule has 5 rings (SSSR count). The van der Waals surface area contributed by atoms with Gasteiger partial charge in [-0.05, 0) is 81.6 Å². The smallest absolute Gasteiger partial charge is 0.378 e. The third kappa shape index (κ3) is 5.55. The number of halogens is 3. The SMILES string of the molecule is O=C(CCC[C@@H]1[C@H]2CCCN3CCC[C@@H](CN1S(=O)(=O)c1cccc(C(F)(F)F)c1)[C@@H]23)N1CCOCC1. The van der Waals surface area contributed by atoms with Gasteiger partial charge in [0.2, 0.25) is 15.9 Å². The summed E-state index contributed by atoms with van der Waals surface area (Å²) >= 11 is 0. The molecule has 0 spiro atoms. The van der Waals surface area contributed by atoms with E-state index in [9.17, 15) is 26.4 Å². The Morgan fingerprint density at radius 1 is 1.05 bits per heavy atom. The van der Waals surface area contributed by atoms with Gasteiger partial charge in [-0.2, -0.15) is 17.5 Å². The summed E-state index contributed by atoms with van der Waals surface area (Å²) in [6, 6.07) is 4.06. The number of amides is 1. The Morgan fingerprint density at radius 3 is 2.51 bits per heavy atom. The fourth-order valence-corrected chi connectivity index (χ4v) is 8.80. The Kier molecular flexibility index (Phi) is 7.87.